The number of aliphatic hydroxyl groups excluding tert-OH is 1. The van der Waals surface area contributed by atoms with E-state index in [1.165, 1.54) is 9.58 Å². The summed E-state index contributed by atoms with van der Waals surface area (Å²) in [6, 6.07) is 10.7. The number of nitrogens with two attached hydrogens (primary N) is 1. The first-order chi connectivity index (χ1) is 16.3. The standard InChI is InChI=1S/C24H22BrFN4O4/c25-15-6-3-4-13(21(15)26)8-18(32)17-9-24(12-31)10-19(24)30(17)20(33)11-29-16-7-2-1-5-14(16)22(28-29)23(27)34/h1-7,17,19,31H,8-12H2,(H2,27,34)/t17-,19+,24-/m0/s1. The summed E-state index contributed by atoms with van der Waals surface area (Å²) in [7, 11) is 0. The monoisotopic (exact) mass is 528 g/mol. The number of aromatic nitrogens is 2. The van der Waals surface area contributed by atoms with Crippen LogP contribution in [-0.4, -0.2) is 56.1 Å². The highest BCUT2D eigenvalue weighted by atomic mass is 79.9. The van der Waals surface area contributed by atoms with Crippen molar-refractivity contribution in [2.24, 2.45) is 11.1 Å². The van der Waals surface area contributed by atoms with Crippen molar-refractivity contribution in [3.05, 3.63) is 64.0 Å². The first-order valence-electron chi connectivity index (χ1n) is 10.9. The summed E-state index contributed by atoms with van der Waals surface area (Å²) in [6.07, 6.45) is 0.780. The molecule has 2 aromatic carbocycles. The molecule has 2 heterocycles. The van der Waals surface area contributed by atoms with Crippen molar-refractivity contribution in [1.82, 2.24) is 14.7 Å². The molecular weight excluding hydrogens is 507 g/mol. The Morgan fingerprint density at radius 1 is 1.18 bits per heavy atom. The fourth-order valence-electron chi connectivity index (χ4n) is 5.12. The van der Waals surface area contributed by atoms with Gasteiger partial charge in [-0.25, -0.2) is 4.39 Å². The average molecular weight is 529 g/mol. The summed E-state index contributed by atoms with van der Waals surface area (Å²) in [5.74, 6) is -1.84. The van der Waals surface area contributed by atoms with Crippen molar-refractivity contribution in [2.75, 3.05) is 6.61 Å². The molecule has 2 fully saturated rings. The smallest absolute Gasteiger partial charge is 0.269 e. The Balaban J connectivity index is 1.43. The second-order valence-electron chi connectivity index (χ2n) is 9.01. The van der Waals surface area contributed by atoms with E-state index in [4.69, 9.17) is 5.73 Å². The Bertz CT molecular complexity index is 1340. The molecule has 3 atom stereocenters. The zero-order valence-electron chi connectivity index (χ0n) is 18.1. The molecule has 1 aliphatic carbocycles. The summed E-state index contributed by atoms with van der Waals surface area (Å²) >= 11 is 3.13. The lowest BCUT2D eigenvalue weighted by Crippen LogP contribution is -2.45. The average Bonchev–Trinajstić information content (AvgIpc) is 3.24. The molecule has 0 bridgehead atoms. The van der Waals surface area contributed by atoms with Crippen LogP contribution in [0.25, 0.3) is 10.9 Å². The van der Waals surface area contributed by atoms with E-state index in [2.05, 4.69) is 21.0 Å². The highest BCUT2D eigenvalue weighted by molar-refractivity contribution is 9.10. The number of nitrogens with zero attached hydrogens (tertiary/aromatic N) is 3. The van der Waals surface area contributed by atoms with Gasteiger partial charge in [-0.2, -0.15) is 5.10 Å². The van der Waals surface area contributed by atoms with Crippen LogP contribution in [0.2, 0.25) is 0 Å². The number of ketones is 1. The van der Waals surface area contributed by atoms with Crippen LogP contribution in [0.3, 0.4) is 0 Å². The van der Waals surface area contributed by atoms with Crippen LogP contribution in [0.5, 0.6) is 0 Å². The molecule has 1 aliphatic heterocycles. The molecule has 8 nitrogen and oxygen atoms in total. The number of carbonyl (C=O) groups excluding carboxylic acids is 3. The number of aliphatic hydroxyl groups is 1. The Kier molecular flexibility index (Phi) is 5.52. The van der Waals surface area contributed by atoms with Crippen LogP contribution in [0.4, 0.5) is 4.39 Å². The number of benzene rings is 2. The number of hydrogen-bond donors (Lipinski definition) is 2. The topological polar surface area (TPSA) is 119 Å². The van der Waals surface area contributed by atoms with Crippen LogP contribution in [0.15, 0.2) is 46.9 Å². The molecule has 0 unspecified atom stereocenters. The number of primary amides is 1. The van der Waals surface area contributed by atoms with E-state index < -0.39 is 23.2 Å². The summed E-state index contributed by atoms with van der Waals surface area (Å²) in [5.41, 5.74) is 5.84. The van der Waals surface area contributed by atoms with Gasteiger partial charge >= 0.3 is 0 Å². The third-order valence-corrected chi connectivity index (χ3v) is 7.58. The third-order valence-electron chi connectivity index (χ3n) is 6.97. The Morgan fingerprint density at radius 3 is 2.68 bits per heavy atom. The van der Waals surface area contributed by atoms with Gasteiger partial charge in [-0.3, -0.25) is 19.1 Å². The molecule has 176 valence electrons. The van der Waals surface area contributed by atoms with Crippen molar-refractivity contribution in [2.45, 2.75) is 37.9 Å². The van der Waals surface area contributed by atoms with Crippen LogP contribution in [0, 0.1) is 11.2 Å². The molecule has 1 aromatic heterocycles. The summed E-state index contributed by atoms with van der Waals surface area (Å²) in [4.78, 5) is 40.0. The predicted molar refractivity (Wildman–Crippen MR) is 124 cm³/mol. The van der Waals surface area contributed by atoms with E-state index in [0.717, 1.165) is 0 Å². The molecule has 34 heavy (non-hydrogen) atoms. The number of carbonyl (C=O) groups is 3. The number of rotatable bonds is 7. The number of likely N-dealkylation sites (tertiary alicyclic amines) is 1. The molecular formula is C24H22BrFN4O4. The number of piperidine rings is 1. The number of halogens is 2. The van der Waals surface area contributed by atoms with Gasteiger partial charge in [0.05, 0.1) is 22.6 Å². The molecule has 3 aromatic rings. The minimum absolute atomic E-state index is 0.0682. The molecule has 2 aliphatic rings. The third kappa shape index (κ3) is 3.61. The number of fused-ring (bicyclic) bond motifs is 2. The fraction of sp³-hybridized carbons (Fsp3) is 0.333. The van der Waals surface area contributed by atoms with E-state index in [0.29, 0.717) is 23.7 Å². The zero-order chi connectivity index (χ0) is 24.2. The lowest BCUT2D eigenvalue weighted by molar-refractivity contribution is -0.139. The first-order valence-corrected chi connectivity index (χ1v) is 11.7. The molecule has 1 saturated carbocycles. The minimum atomic E-state index is -0.769. The van der Waals surface area contributed by atoms with Gasteiger partial charge in [0.15, 0.2) is 11.5 Å². The van der Waals surface area contributed by atoms with Crippen LogP contribution < -0.4 is 5.73 Å². The van der Waals surface area contributed by atoms with E-state index in [1.807, 2.05) is 0 Å². The van der Waals surface area contributed by atoms with Crippen LogP contribution in [0.1, 0.15) is 28.9 Å². The van der Waals surface area contributed by atoms with Crippen LogP contribution in [-0.2, 0) is 22.6 Å². The van der Waals surface area contributed by atoms with Crippen molar-refractivity contribution in [3.63, 3.8) is 0 Å². The van der Waals surface area contributed by atoms with Gasteiger partial charge in [0.2, 0.25) is 5.91 Å². The van der Waals surface area contributed by atoms with Crippen molar-refractivity contribution in [3.8, 4) is 0 Å². The van der Waals surface area contributed by atoms with Gasteiger partial charge < -0.3 is 15.7 Å². The van der Waals surface area contributed by atoms with E-state index in [9.17, 15) is 23.9 Å². The zero-order valence-corrected chi connectivity index (χ0v) is 19.7. The molecule has 5 rings (SSSR count). The maximum absolute atomic E-state index is 14.5. The van der Waals surface area contributed by atoms with E-state index >= 15 is 0 Å². The lowest BCUT2D eigenvalue weighted by Gasteiger charge is -2.27. The van der Waals surface area contributed by atoms with Gasteiger partial charge in [-0.15, -0.1) is 0 Å². The summed E-state index contributed by atoms with van der Waals surface area (Å²) < 4.78 is 16.1. The second kappa shape index (κ2) is 8.28. The lowest BCUT2D eigenvalue weighted by atomic mass is 9.95. The maximum Gasteiger partial charge on any atom is 0.269 e. The molecule has 0 radical (unpaired) electrons. The Morgan fingerprint density at radius 2 is 1.94 bits per heavy atom. The molecule has 0 spiro atoms. The normalized spacial score (nSPS) is 23.2. The highest BCUT2D eigenvalue weighted by Crippen LogP contribution is 2.59. The molecule has 1 saturated heterocycles. The number of para-hydroxylation sites is 1. The Labute approximate surface area is 202 Å². The van der Waals surface area contributed by atoms with E-state index in [-0.39, 0.29) is 53.0 Å². The Hall–Kier alpha value is -3.11. The van der Waals surface area contributed by atoms with Gasteiger partial charge in [0, 0.05) is 23.3 Å². The van der Waals surface area contributed by atoms with Gasteiger partial charge in [0.25, 0.3) is 5.91 Å². The van der Waals surface area contributed by atoms with E-state index in [1.54, 1.807) is 42.5 Å². The van der Waals surface area contributed by atoms with Crippen molar-refractivity contribution < 1.29 is 23.9 Å². The second-order valence-corrected chi connectivity index (χ2v) is 9.86. The molecule has 10 heteroatoms. The van der Waals surface area contributed by atoms with Crippen LogP contribution >= 0.6 is 15.9 Å². The molecule has 3 N–H and O–H groups in total. The number of amides is 2. The van der Waals surface area contributed by atoms with Crippen molar-refractivity contribution in [1.29, 1.82) is 0 Å². The van der Waals surface area contributed by atoms with Crippen molar-refractivity contribution >= 4 is 44.4 Å². The fourth-order valence-corrected chi connectivity index (χ4v) is 5.53. The predicted octanol–water partition coefficient (Wildman–Crippen LogP) is 2.20. The summed E-state index contributed by atoms with van der Waals surface area (Å²) in [5, 5.41) is 14.7. The minimum Gasteiger partial charge on any atom is -0.396 e. The largest absolute Gasteiger partial charge is 0.396 e. The summed E-state index contributed by atoms with van der Waals surface area (Å²) in [6.45, 7) is -0.326. The quantitative estimate of drug-likeness (QED) is 0.487. The van der Waals surface area contributed by atoms with Gasteiger partial charge in [-0.05, 0) is 46.5 Å². The number of Topliss-reactive ketones (excluding diaryl/α,β-unsaturated/α-hetero) is 1. The number of hydrogen-bond acceptors (Lipinski definition) is 5. The first kappa shape index (κ1) is 22.7. The maximum atomic E-state index is 14.5. The van der Waals surface area contributed by atoms with Gasteiger partial charge in [0.1, 0.15) is 12.4 Å². The highest BCUT2D eigenvalue weighted by Gasteiger charge is 2.66. The van der Waals surface area contributed by atoms with Gasteiger partial charge in [-0.1, -0.05) is 30.3 Å². The SMILES string of the molecule is NC(=O)c1nn(CC(=O)N2[C@H](C(=O)Cc3cccc(Br)c3F)C[C@@]3(CO)C[C@@H]23)c2ccccc12. The molecule has 2 amide bonds.